The molecule has 1 aliphatic rings. The lowest BCUT2D eigenvalue weighted by Gasteiger charge is -2.34. The first-order valence-corrected chi connectivity index (χ1v) is 13.7. The molecule has 0 saturated carbocycles. The zero-order valence-electron chi connectivity index (χ0n) is 21.9. The molecule has 0 unspecified atom stereocenters. The average Bonchev–Trinajstić information content (AvgIpc) is 3.02. The molecule has 1 aliphatic heterocycles. The molecule has 0 N–H and O–H groups in total. The minimum atomic E-state index is 1.12. The highest BCUT2D eigenvalue weighted by atomic mass is 15.2. The number of hydrogen-bond donors (Lipinski definition) is 0. The van der Waals surface area contributed by atoms with Crippen molar-refractivity contribution < 1.29 is 0 Å². The van der Waals surface area contributed by atoms with Crippen LogP contribution in [0.15, 0.2) is 158 Å². The molecule has 7 aromatic carbocycles. The summed E-state index contributed by atoms with van der Waals surface area (Å²) in [6.07, 6.45) is 0. The van der Waals surface area contributed by atoms with Gasteiger partial charge in [-0.3, -0.25) is 0 Å². The summed E-state index contributed by atoms with van der Waals surface area (Å²) in [5.41, 5.74) is 9.51. The van der Waals surface area contributed by atoms with Gasteiger partial charge in [0.1, 0.15) is 0 Å². The van der Waals surface area contributed by atoms with Gasteiger partial charge in [-0.05, 0) is 88.5 Å². The number of fused-ring (bicyclic) bond motifs is 3. The fourth-order valence-electron chi connectivity index (χ4n) is 6.12. The Morgan fingerprint density at radius 3 is 1.60 bits per heavy atom. The Labute approximate surface area is 234 Å². The number of benzene rings is 7. The summed E-state index contributed by atoms with van der Waals surface area (Å²) in [5.74, 6) is 0. The summed E-state index contributed by atoms with van der Waals surface area (Å²) in [6, 6.07) is 56.7. The lowest BCUT2D eigenvalue weighted by molar-refractivity contribution is 1.26. The standard InChI is InChI=1S/C38H26N2/c1-3-15-30(16-4-1)39(31-17-5-2-6-18-31)32-21-23-33(24-22-32)40-36-20-10-14-27-13-9-19-34(38(27)36)35-25-28-11-7-8-12-29(28)26-37(35)40/h1-26H. The molecule has 0 atom stereocenters. The van der Waals surface area contributed by atoms with Gasteiger partial charge in [0.05, 0.1) is 11.4 Å². The van der Waals surface area contributed by atoms with Crippen molar-refractivity contribution in [2.45, 2.75) is 0 Å². The Morgan fingerprint density at radius 1 is 0.375 bits per heavy atom. The molecule has 0 aromatic heterocycles. The van der Waals surface area contributed by atoms with Gasteiger partial charge in [-0.15, -0.1) is 0 Å². The Hall–Kier alpha value is -5.34. The molecule has 0 aliphatic carbocycles. The maximum atomic E-state index is 2.43. The zero-order valence-corrected chi connectivity index (χ0v) is 21.9. The Morgan fingerprint density at radius 2 is 0.925 bits per heavy atom. The monoisotopic (exact) mass is 510 g/mol. The van der Waals surface area contributed by atoms with E-state index >= 15 is 0 Å². The molecule has 0 amide bonds. The van der Waals surface area contributed by atoms with Crippen LogP contribution in [-0.4, -0.2) is 0 Å². The predicted octanol–water partition coefficient (Wildman–Crippen LogP) is 10.9. The minimum Gasteiger partial charge on any atom is -0.311 e. The van der Waals surface area contributed by atoms with Crippen LogP contribution in [0.25, 0.3) is 32.7 Å². The van der Waals surface area contributed by atoms with Crippen LogP contribution in [0.5, 0.6) is 0 Å². The van der Waals surface area contributed by atoms with Gasteiger partial charge < -0.3 is 9.80 Å². The van der Waals surface area contributed by atoms with Gasteiger partial charge in [0.2, 0.25) is 0 Å². The van der Waals surface area contributed by atoms with Crippen LogP contribution >= 0.6 is 0 Å². The predicted molar refractivity (Wildman–Crippen MR) is 170 cm³/mol. The topological polar surface area (TPSA) is 6.48 Å². The Kier molecular flexibility index (Phi) is 5.17. The molecule has 0 spiro atoms. The number of para-hydroxylation sites is 2. The lowest BCUT2D eigenvalue weighted by atomic mass is 9.89. The van der Waals surface area contributed by atoms with Crippen LogP contribution in [0.2, 0.25) is 0 Å². The summed E-state index contributed by atoms with van der Waals surface area (Å²) in [7, 11) is 0. The molecular formula is C38H26N2. The van der Waals surface area contributed by atoms with Gasteiger partial charge in [-0.1, -0.05) is 91.0 Å². The van der Waals surface area contributed by atoms with Crippen molar-refractivity contribution in [3.63, 3.8) is 0 Å². The van der Waals surface area contributed by atoms with Crippen LogP contribution in [0.1, 0.15) is 0 Å². The third-order valence-corrected chi connectivity index (χ3v) is 7.91. The zero-order chi connectivity index (χ0) is 26.5. The third-order valence-electron chi connectivity index (χ3n) is 7.91. The number of hydrogen-bond acceptors (Lipinski definition) is 2. The van der Waals surface area contributed by atoms with Crippen LogP contribution in [-0.2, 0) is 0 Å². The highest BCUT2D eigenvalue weighted by molar-refractivity contribution is 6.15. The van der Waals surface area contributed by atoms with E-state index in [-0.39, 0.29) is 0 Å². The van der Waals surface area contributed by atoms with Crippen molar-refractivity contribution >= 4 is 55.7 Å². The quantitative estimate of drug-likeness (QED) is 0.232. The van der Waals surface area contributed by atoms with Gasteiger partial charge in [0, 0.05) is 33.7 Å². The highest BCUT2D eigenvalue weighted by Crippen LogP contribution is 2.52. The molecule has 2 nitrogen and oxygen atoms in total. The molecule has 0 fully saturated rings. The van der Waals surface area contributed by atoms with Crippen LogP contribution in [0, 0.1) is 0 Å². The summed E-state index contributed by atoms with van der Waals surface area (Å²) in [4.78, 5) is 4.73. The van der Waals surface area contributed by atoms with Crippen LogP contribution < -0.4 is 9.80 Å². The summed E-state index contributed by atoms with van der Waals surface area (Å²) < 4.78 is 0. The first-order chi connectivity index (χ1) is 19.8. The Balaban J connectivity index is 1.32. The van der Waals surface area contributed by atoms with Gasteiger partial charge >= 0.3 is 0 Å². The molecule has 0 bridgehead atoms. The van der Waals surface area contributed by atoms with Crippen molar-refractivity contribution in [1.29, 1.82) is 0 Å². The van der Waals surface area contributed by atoms with Crippen molar-refractivity contribution in [2.24, 2.45) is 0 Å². The van der Waals surface area contributed by atoms with Gasteiger partial charge in [-0.25, -0.2) is 0 Å². The van der Waals surface area contributed by atoms with Crippen LogP contribution in [0.3, 0.4) is 0 Å². The first kappa shape index (κ1) is 22.6. The highest BCUT2D eigenvalue weighted by Gasteiger charge is 2.26. The fraction of sp³-hybridized carbons (Fsp3) is 0. The van der Waals surface area contributed by atoms with Crippen LogP contribution in [0.4, 0.5) is 34.1 Å². The molecule has 0 saturated heterocycles. The molecule has 40 heavy (non-hydrogen) atoms. The minimum absolute atomic E-state index is 1.12. The van der Waals surface area contributed by atoms with Gasteiger partial charge in [0.15, 0.2) is 0 Å². The van der Waals surface area contributed by atoms with E-state index in [1.54, 1.807) is 0 Å². The smallest absolute Gasteiger partial charge is 0.0546 e. The number of nitrogens with zero attached hydrogens (tertiary/aromatic N) is 2. The fourth-order valence-corrected chi connectivity index (χ4v) is 6.12. The van der Waals surface area contributed by atoms with E-state index in [1.807, 2.05) is 0 Å². The van der Waals surface area contributed by atoms with E-state index in [0.29, 0.717) is 0 Å². The molecule has 2 heteroatoms. The average molecular weight is 511 g/mol. The summed E-state index contributed by atoms with van der Waals surface area (Å²) in [5, 5.41) is 5.06. The van der Waals surface area contributed by atoms with E-state index in [1.165, 1.54) is 44.0 Å². The second kappa shape index (κ2) is 9.14. The second-order valence-electron chi connectivity index (χ2n) is 10.3. The summed E-state index contributed by atoms with van der Waals surface area (Å²) in [6.45, 7) is 0. The molecule has 1 heterocycles. The molecule has 0 radical (unpaired) electrons. The Bertz CT molecular complexity index is 1950. The summed E-state index contributed by atoms with van der Waals surface area (Å²) >= 11 is 0. The van der Waals surface area contributed by atoms with E-state index in [9.17, 15) is 0 Å². The molecular weight excluding hydrogens is 484 g/mol. The SMILES string of the molecule is c1ccc(N(c2ccccc2)c2ccc(N3c4cc5ccccc5cc4-c4cccc5cccc3c45)cc2)cc1. The van der Waals surface area contributed by atoms with E-state index in [4.69, 9.17) is 0 Å². The third kappa shape index (κ3) is 3.58. The van der Waals surface area contributed by atoms with Crippen molar-refractivity contribution in [1.82, 2.24) is 0 Å². The molecule has 188 valence electrons. The number of anilines is 6. The maximum absolute atomic E-state index is 2.43. The van der Waals surface area contributed by atoms with Gasteiger partial charge in [-0.2, -0.15) is 0 Å². The van der Waals surface area contributed by atoms with E-state index < -0.39 is 0 Å². The molecule has 7 aromatic rings. The largest absolute Gasteiger partial charge is 0.311 e. The first-order valence-electron chi connectivity index (χ1n) is 13.7. The van der Waals surface area contributed by atoms with Gasteiger partial charge in [0.25, 0.3) is 0 Å². The van der Waals surface area contributed by atoms with E-state index in [2.05, 4.69) is 168 Å². The van der Waals surface area contributed by atoms with Crippen molar-refractivity contribution in [2.75, 3.05) is 9.80 Å². The maximum Gasteiger partial charge on any atom is 0.0546 e. The van der Waals surface area contributed by atoms with Crippen molar-refractivity contribution in [3.8, 4) is 11.1 Å². The molecule has 8 rings (SSSR count). The van der Waals surface area contributed by atoms with E-state index in [0.717, 1.165) is 22.7 Å². The lowest BCUT2D eigenvalue weighted by Crippen LogP contribution is -2.15. The number of rotatable bonds is 4. The van der Waals surface area contributed by atoms with Crippen molar-refractivity contribution in [3.05, 3.63) is 158 Å². The second-order valence-corrected chi connectivity index (χ2v) is 10.3. The normalized spacial score (nSPS) is 11.9.